The second kappa shape index (κ2) is 26.6. The highest BCUT2D eigenvalue weighted by atomic mass is 15.4. The Labute approximate surface area is 795 Å². The number of rotatable bonds is 0. The molecule has 3 aliphatic carbocycles. The molecule has 37 rings (SSSR count). The van der Waals surface area contributed by atoms with Crippen molar-refractivity contribution >= 4 is 249 Å². The van der Waals surface area contributed by atoms with Gasteiger partial charge in [0.05, 0.1) is 223 Å². The van der Waals surface area contributed by atoms with E-state index in [9.17, 15) is 0 Å². The van der Waals surface area contributed by atoms with Crippen molar-refractivity contribution in [3.05, 3.63) is 319 Å². The molecule has 24 nitrogen and oxygen atoms in total. The van der Waals surface area contributed by atoms with Crippen molar-refractivity contribution in [1.29, 1.82) is 0 Å². The number of hydrogen-bond donors (Lipinski definition) is 0. The topological polar surface area (TPSA) is 161 Å². The van der Waals surface area contributed by atoms with E-state index in [-0.39, 0.29) is 5.54 Å². The van der Waals surface area contributed by atoms with Gasteiger partial charge in [-0.25, -0.2) is 38.6 Å². The third-order valence-electron chi connectivity index (χ3n) is 32.5. The number of hydrogen-bond acceptors (Lipinski definition) is 10. The number of para-hydroxylation sites is 11. The fraction of sp³-hybridized carbons (Fsp3) is 0.155. The number of nitrogens with zero attached hydrogens (tertiary/aromatic N) is 24. The van der Waals surface area contributed by atoms with E-state index < -0.39 is 0 Å². The number of anilines is 2. The minimum atomic E-state index is 0.0556. The third-order valence-corrected chi connectivity index (χ3v) is 32.5. The highest BCUT2D eigenvalue weighted by Crippen LogP contribution is 2.62. The van der Waals surface area contributed by atoms with Crippen LogP contribution >= 0.6 is 0 Å². The van der Waals surface area contributed by atoms with Crippen LogP contribution in [-0.2, 0) is 33.4 Å². The molecule has 1 spiro atoms. The number of aromatic nitrogens is 21. The van der Waals surface area contributed by atoms with Crippen molar-refractivity contribution in [2.45, 2.75) is 72.5 Å². The molecule has 0 radical (unpaired) electrons. The molecule has 12 aromatic carbocycles. The van der Waals surface area contributed by atoms with Gasteiger partial charge in [-0.05, 0) is 215 Å². The summed E-state index contributed by atoms with van der Waals surface area (Å²) in [5.41, 5.74) is 48.8. The van der Waals surface area contributed by atoms with Gasteiger partial charge in [0.1, 0.15) is 21.1 Å². The Kier molecular flexibility index (Phi) is 14.6. The molecule has 0 N–H and O–H groups in total. The molecule has 19 aromatic heterocycles. The van der Waals surface area contributed by atoms with Gasteiger partial charge in [0.25, 0.3) is 0 Å². The van der Waals surface area contributed by atoms with Crippen molar-refractivity contribution in [2.75, 3.05) is 30.6 Å². The summed E-state index contributed by atoms with van der Waals surface area (Å²) in [7, 11) is 10.8. The lowest BCUT2D eigenvalue weighted by Gasteiger charge is -2.52. The molecule has 0 unspecified atom stereocenters. The second-order valence-electron chi connectivity index (χ2n) is 39.9. The van der Waals surface area contributed by atoms with Gasteiger partial charge in [-0.1, -0.05) is 109 Å². The van der Waals surface area contributed by atoms with E-state index in [0.29, 0.717) is 0 Å². The Balaban J connectivity index is 0.0000000791. The van der Waals surface area contributed by atoms with Crippen molar-refractivity contribution < 1.29 is 13.7 Å². The summed E-state index contributed by atoms with van der Waals surface area (Å²) in [6.45, 7) is 12.9. The first-order valence-electron chi connectivity index (χ1n) is 48.5. The van der Waals surface area contributed by atoms with Gasteiger partial charge in [0.2, 0.25) is 45.4 Å². The fourth-order valence-corrected chi connectivity index (χ4v) is 26.8. The van der Waals surface area contributed by atoms with Crippen LogP contribution in [0.5, 0.6) is 0 Å². The monoisotopic (exact) mass is 1820 g/mol. The molecule has 24 heteroatoms. The van der Waals surface area contributed by atoms with Gasteiger partial charge in [-0.15, -0.1) is 0 Å². The molecule has 31 aromatic rings. The maximum Gasteiger partial charge on any atom is 0.226 e. The summed E-state index contributed by atoms with van der Waals surface area (Å²) in [4.78, 5) is 42.0. The highest BCUT2D eigenvalue weighted by molar-refractivity contribution is 6.24. The van der Waals surface area contributed by atoms with Crippen LogP contribution in [0.4, 0.5) is 11.4 Å². The Bertz CT molecular complexity index is 10500. The van der Waals surface area contributed by atoms with Gasteiger partial charge < -0.3 is 19.3 Å². The van der Waals surface area contributed by atoms with Gasteiger partial charge in [0.15, 0.2) is 18.6 Å². The van der Waals surface area contributed by atoms with E-state index in [0.717, 1.165) is 120 Å². The lowest BCUT2D eigenvalue weighted by atomic mass is 9.65. The largest absolute Gasteiger partial charge is 0.358 e. The number of benzene rings is 12. The first-order chi connectivity index (χ1) is 68.6. The predicted octanol–water partition coefficient (Wildman–Crippen LogP) is 22.2. The molecule has 670 valence electrons. The average molecular weight is 1820 g/mol. The summed E-state index contributed by atoms with van der Waals surface area (Å²) in [6.07, 6.45) is 15.2. The number of allylic oxidation sites excluding steroid dienone is 2. The van der Waals surface area contributed by atoms with Crippen molar-refractivity contribution in [3.8, 4) is 0 Å². The van der Waals surface area contributed by atoms with E-state index >= 15 is 0 Å². The molecule has 0 amide bonds. The van der Waals surface area contributed by atoms with E-state index in [1.165, 1.54) is 202 Å². The zero-order valence-electron chi connectivity index (χ0n) is 78.6. The minimum absolute atomic E-state index is 0.0556. The fourth-order valence-electron chi connectivity index (χ4n) is 26.8. The number of pyridine rings is 8. The molecular formula is C116H89N24+3. The van der Waals surface area contributed by atoms with Crippen LogP contribution in [-0.4, -0.2) is 109 Å². The van der Waals surface area contributed by atoms with Crippen LogP contribution in [0.2, 0.25) is 0 Å². The van der Waals surface area contributed by atoms with Crippen LogP contribution in [0.1, 0.15) is 53.5 Å². The Morgan fingerprint density at radius 3 is 1.16 bits per heavy atom. The van der Waals surface area contributed by atoms with Crippen LogP contribution < -0.4 is 23.5 Å². The maximum atomic E-state index is 5.19. The van der Waals surface area contributed by atoms with Crippen molar-refractivity contribution in [1.82, 2.24) is 88.5 Å². The zero-order valence-corrected chi connectivity index (χ0v) is 78.6. The summed E-state index contributed by atoms with van der Waals surface area (Å²) < 4.78 is 32.7. The molecule has 22 heterocycles. The maximum absolute atomic E-state index is 5.19. The smallest absolute Gasteiger partial charge is 0.226 e. The van der Waals surface area contributed by atoms with E-state index in [1.54, 1.807) is 11.4 Å². The molecule has 3 aliphatic heterocycles. The average Bonchev–Trinajstić information content (AvgIpc) is 1.59. The van der Waals surface area contributed by atoms with Crippen LogP contribution in [0.3, 0.4) is 0 Å². The molecule has 0 atom stereocenters. The van der Waals surface area contributed by atoms with E-state index in [2.05, 4.69) is 412 Å². The molecule has 1 fully saturated rings. The van der Waals surface area contributed by atoms with Crippen LogP contribution in [0, 0.1) is 40.5 Å². The lowest BCUT2D eigenvalue weighted by molar-refractivity contribution is -0.644. The zero-order chi connectivity index (χ0) is 92.6. The van der Waals surface area contributed by atoms with Gasteiger partial charge in [-0.2, -0.15) is 0 Å². The van der Waals surface area contributed by atoms with E-state index in [1.807, 2.05) is 24.5 Å². The van der Waals surface area contributed by atoms with Gasteiger partial charge >= 0.3 is 0 Å². The first-order valence-corrected chi connectivity index (χ1v) is 48.5. The molecule has 6 aliphatic rings. The second-order valence-corrected chi connectivity index (χ2v) is 39.9. The number of imidazole rings is 10. The molecule has 1 saturated carbocycles. The van der Waals surface area contributed by atoms with Crippen LogP contribution in [0.15, 0.2) is 291 Å². The highest BCUT2D eigenvalue weighted by Gasteiger charge is 2.58. The molecule has 2 bridgehead atoms. The SMILES string of the molecule is Cc1ccc2c3c1N1CN(C)C4=C1C1(CCC4CC1)n3c1nc3ccccc3n21.Cc1ccc2c3c1c1c4c(cc[n+]1C)nccc4n3c1nc3ccccc3n21.Cc1ccc2c3c1c1c4c(cc[n+]1C)nccc4n3c1nc3ccccc3n21.Cc1ccc2c3c1c1c4c(cccc4n3c3nc4ccccc4n23)cc[n+]1C.Cc1ccc2c3c1n1c4c(cccc4n3c3nc4ccccc4n23)N(C)C1. The quantitative estimate of drug-likeness (QED) is 0.0812. The summed E-state index contributed by atoms with van der Waals surface area (Å²) in [6, 6.07) is 88.2. The third kappa shape index (κ3) is 9.32. The summed E-state index contributed by atoms with van der Waals surface area (Å²) in [5.74, 6) is 5.72. The Morgan fingerprint density at radius 2 is 0.671 bits per heavy atom. The van der Waals surface area contributed by atoms with Gasteiger partial charge in [-0.3, -0.25) is 54.1 Å². The number of aryl methyl sites for hydroxylation is 8. The molecule has 0 saturated heterocycles. The Morgan fingerprint density at radius 1 is 0.293 bits per heavy atom. The predicted molar refractivity (Wildman–Crippen MR) is 560 cm³/mol. The summed E-state index contributed by atoms with van der Waals surface area (Å²) >= 11 is 0. The minimum Gasteiger partial charge on any atom is -0.358 e. The van der Waals surface area contributed by atoms with E-state index in [4.69, 9.17) is 24.9 Å². The standard InChI is InChI=1S/C24H23N5.C24H17N4.2C23H16N5.C22H17N5/c1-14-7-8-18-21-19(14)27-13-26(2)20-15-9-11-24(12-10-15,22(20)27)29(21)23-25-16-5-3-4-6-17(16)28(18)23;1-14-10-11-19-22-20(14)23-21-15(12-13-26(23)2)6-5-9-18(21)28(22)24-25-16-7-3-4-8-17(16)27(19)24;2*1-13-7-8-18-21-19(13)22-20-15(10-12-26(22)2)24-11-9-17(20)28(21)23-25-14-5-3-4-6-16(14)27(18)23;1-13-10-11-18-21-19(13)25-12-24(2)16-8-5-9-17(20(16)25)27(21)22-23-14-6-3-4-7-15(14)26(18)22/h3-8,15H,9-13H2,1-2H3;3-13H,1-2H3;2*3-12H,1-2H3;3-11H,12H2,1-2H3/q;3*+1;. The van der Waals surface area contributed by atoms with Crippen LogP contribution in [0.25, 0.3) is 238 Å². The van der Waals surface area contributed by atoms with Crippen molar-refractivity contribution in [3.63, 3.8) is 0 Å². The molecular weight excluding hydrogens is 1730 g/mol. The first kappa shape index (κ1) is 76.7. The molecule has 140 heavy (non-hydrogen) atoms. The normalized spacial score (nSPS) is 15.9. The summed E-state index contributed by atoms with van der Waals surface area (Å²) in [5, 5.41) is 8.75. The number of fused-ring (bicyclic) bond motifs is 36. The van der Waals surface area contributed by atoms with Crippen molar-refractivity contribution in [2.24, 2.45) is 27.1 Å². The lowest BCUT2D eigenvalue weighted by Crippen LogP contribution is -2.50. The van der Waals surface area contributed by atoms with Gasteiger partial charge in [0, 0.05) is 56.3 Å². The Hall–Kier alpha value is -17.5.